The highest BCUT2D eigenvalue weighted by molar-refractivity contribution is 5.77. The van der Waals surface area contributed by atoms with Crippen molar-refractivity contribution in [2.75, 3.05) is 26.2 Å². The molecule has 0 radical (unpaired) electrons. The largest absolute Gasteiger partial charge is 0.469 e. The minimum Gasteiger partial charge on any atom is -0.469 e. The highest BCUT2D eigenvalue weighted by Crippen LogP contribution is 2.00. The van der Waals surface area contributed by atoms with Gasteiger partial charge in [0.1, 0.15) is 5.76 Å². The van der Waals surface area contributed by atoms with Crippen LogP contribution < -0.4 is 5.32 Å². The Bertz CT molecular complexity index is 319. The van der Waals surface area contributed by atoms with E-state index in [0.717, 1.165) is 44.8 Å². The third-order valence-corrected chi connectivity index (χ3v) is 3.03. The van der Waals surface area contributed by atoms with Gasteiger partial charge in [0.15, 0.2) is 0 Å². The first-order chi connectivity index (χ1) is 8.76. The Morgan fingerprint density at radius 3 is 2.72 bits per heavy atom. The Labute approximate surface area is 109 Å². The molecule has 0 aliphatic heterocycles. The topological polar surface area (TPSA) is 45.5 Å². The fraction of sp³-hybridized carbons (Fsp3) is 0.643. The van der Waals surface area contributed by atoms with Gasteiger partial charge >= 0.3 is 0 Å². The molecular weight excluding hydrogens is 228 g/mol. The van der Waals surface area contributed by atoms with Crippen molar-refractivity contribution >= 4 is 5.91 Å². The molecule has 1 aromatic rings. The zero-order valence-corrected chi connectivity index (χ0v) is 11.4. The zero-order valence-electron chi connectivity index (χ0n) is 11.4. The lowest BCUT2D eigenvalue weighted by Gasteiger charge is -2.17. The smallest absolute Gasteiger partial charge is 0.227 e. The Balaban J connectivity index is 2.02. The van der Waals surface area contributed by atoms with Gasteiger partial charge in [-0.1, -0.05) is 13.8 Å². The second-order valence-corrected chi connectivity index (χ2v) is 4.34. The monoisotopic (exact) mass is 252 g/mol. The van der Waals surface area contributed by atoms with Crippen LogP contribution in [0.4, 0.5) is 0 Å². The second-order valence-electron chi connectivity index (χ2n) is 4.34. The van der Waals surface area contributed by atoms with Crippen LogP contribution in [0.1, 0.15) is 32.4 Å². The van der Waals surface area contributed by atoms with E-state index in [9.17, 15) is 4.79 Å². The summed E-state index contributed by atoms with van der Waals surface area (Å²) >= 11 is 0. The molecule has 1 amide bonds. The SMILES string of the molecule is CCN(CC)CCCCNC(=O)Cc1ccco1. The van der Waals surface area contributed by atoms with Crippen LogP contribution in [-0.4, -0.2) is 37.0 Å². The molecule has 0 saturated heterocycles. The third-order valence-electron chi connectivity index (χ3n) is 3.03. The van der Waals surface area contributed by atoms with Crippen molar-refractivity contribution in [1.82, 2.24) is 10.2 Å². The van der Waals surface area contributed by atoms with Crippen LogP contribution in [0.2, 0.25) is 0 Å². The molecule has 0 unspecified atom stereocenters. The van der Waals surface area contributed by atoms with E-state index in [2.05, 4.69) is 24.1 Å². The van der Waals surface area contributed by atoms with Gasteiger partial charge in [0.25, 0.3) is 0 Å². The maximum absolute atomic E-state index is 11.5. The average Bonchev–Trinajstić information content (AvgIpc) is 2.86. The lowest BCUT2D eigenvalue weighted by Crippen LogP contribution is -2.28. The quantitative estimate of drug-likeness (QED) is 0.684. The molecule has 1 N–H and O–H groups in total. The highest BCUT2D eigenvalue weighted by Gasteiger charge is 2.04. The minimum atomic E-state index is 0.0350. The number of hydrogen-bond acceptors (Lipinski definition) is 3. The van der Waals surface area contributed by atoms with E-state index < -0.39 is 0 Å². The summed E-state index contributed by atoms with van der Waals surface area (Å²) in [5.41, 5.74) is 0. The van der Waals surface area contributed by atoms with Gasteiger partial charge in [-0.05, 0) is 44.6 Å². The lowest BCUT2D eigenvalue weighted by atomic mass is 10.2. The molecule has 0 bridgehead atoms. The van der Waals surface area contributed by atoms with Crippen molar-refractivity contribution in [1.29, 1.82) is 0 Å². The number of amides is 1. The summed E-state index contributed by atoms with van der Waals surface area (Å²) in [6.07, 6.45) is 4.08. The summed E-state index contributed by atoms with van der Waals surface area (Å²) in [4.78, 5) is 13.9. The van der Waals surface area contributed by atoms with Gasteiger partial charge < -0.3 is 14.6 Å². The van der Waals surface area contributed by atoms with Crippen LogP contribution in [0.25, 0.3) is 0 Å². The van der Waals surface area contributed by atoms with Gasteiger partial charge in [-0.3, -0.25) is 4.79 Å². The van der Waals surface area contributed by atoms with Gasteiger partial charge in [0, 0.05) is 6.54 Å². The van der Waals surface area contributed by atoms with Gasteiger partial charge in [-0.25, -0.2) is 0 Å². The number of furan rings is 1. The van der Waals surface area contributed by atoms with E-state index >= 15 is 0 Å². The molecule has 0 aliphatic carbocycles. The van der Waals surface area contributed by atoms with E-state index in [1.54, 1.807) is 12.3 Å². The van der Waals surface area contributed by atoms with Gasteiger partial charge in [-0.2, -0.15) is 0 Å². The number of carbonyl (C=O) groups is 1. The van der Waals surface area contributed by atoms with Crippen molar-refractivity contribution < 1.29 is 9.21 Å². The van der Waals surface area contributed by atoms with Crippen LogP contribution >= 0.6 is 0 Å². The maximum atomic E-state index is 11.5. The Kier molecular flexibility index (Phi) is 7.18. The number of nitrogens with zero attached hydrogens (tertiary/aromatic N) is 1. The number of hydrogen-bond donors (Lipinski definition) is 1. The molecule has 1 heterocycles. The normalized spacial score (nSPS) is 10.8. The fourth-order valence-electron chi connectivity index (χ4n) is 1.86. The van der Waals surface area contributed by atoms with Crippen LogP contribution in [0.15, 0.2) is 22.8 Å². The summed E-state index contributed by atoms with van der Waals surface area (Å²) < 4.78 is 5.12. The molecule has 0 saturated carbocycles. The molecule has 4 nitrogen and oxygen atoms in total. The van der Waals surface area contributed by atoms with Crippen molar-refractivity contribution in [3.05, 3.63) is 24.2 Å². The van der Waals surface area contributed by atoms with Gasteiger partial charge in [0.2, 0.25) is 5.91 Å². The van der Waals surface area contributed by atoms with Crippen molar-refractivity contribution in [3.8, 4) is 0 Å². The molecule has 102 valence electrons. The predicted octanol–water partition coefficient (Wildman–Crippen LogP) is 2.06. The summed E-state index contributed by atoms with van der Waals surface area (Å²) in [6, 6.07) is 3.62. The summed E-state index contributed by atoms with van der Waals surface area (Å²) in [5, 5.41) is 2.91. The zero-order chi connectivity index (χ0) is 13.2. The second kappa shape index (κ2) is 8.75. The third kappa shape index (κ3) is 5.87. The number of nitrogens with one attached hydrogen (secondary N) is 1. The number of carbonyl (C=O) groups excluding carboxylic acids is 1. The van der Waals surface area contributed by atoms with Crippen LogP contribution in [0.3, 0.4) is 0 Å². The Morgan fingerprint density at radius 2 is 2.11 bits per heavy atom. The average molecular weight is 252 g/mol. The van der Waals surface area contributed by atoms with Crippen molar-refractivity contribution in [2.45, 2.75) is 33.1 Å². The highest BCUT2D eigenvalue weighted by atomic mass is 16.3. The Hall–Kier alpha value is -1.29. The minimum absolute atomic E-state index is 0.0350. The first kappa shape index (κ1) is 14.8. The van der Waals surface area contributed by atoms with Crippen LogP contribution in [0.5, 0.6) is 0 Å². The van der Waals surface area contributed by atoms with Crippen LogP contribution in [-0.2, 0) is 11.2 Å². The molecule has 0 fully saturated rings. The molecule has 4 heteroatoms. The molecule has 1 aromatic heterocycles. The molecule has 0 aliphatic rings. The molecule has 0 atom stereocenters. The van der Waals surface area contributed by atoms with E-state index in [0.29, 0.717) is 6.42 Å². The molecule has 0 spiro atoms. The van der Waals surface area contributed by atoms with E-state index in [4.69, 9.17) is 4.42 Å². The van der Waals surface area contributed by atoms with Gasteiger partial charge in [-0.15, -0.1) is 0 Å². The van der Waals surface area contributed by atoms with E-state index in [1.165, 1.54) is 0 Å². The van der Waals surface area contributed by atoms with E-state index in [1.807, 2.05) is 6.07 Å². The predicted molar refractivity (Wildman–Crippen MR) is 72.4 cm³/mol. The van der Waals surface area contributed by atoms with Gasteiger partial charge in [0.05, 0.1) is 12.7 Å². The lowest BCUT2D eigenvalue weighted by molar-refractivity contribution is -0.120. The standard InChI is InChI=1S/C14H24N2O2/c1-3-16(4-2)10-6-5-9-15-14(17)12-13-8-7-11-18-13/h7-8,11H,3-6,9-10,12H2,1-2H3,(H,15,17). The summed E-state index contributed by atoms with van der Waals surface area (Å²) in [6.45, 7) is 8.41. The van der Waals surface area contributed by atoms with Crippen molar-refractivity contribution in [3.63, 3.8) is 0 Å². The maximum Gasteiger partial charge on any atom is 0.227 e. The van der Waals surface area contributed by atoms with Crippen LogP contribution in [0, 0.1) is 0 Å². The molecule has 1 rings (SSSR count). The number of unbranched alkanes of at least 4 members (excludes halogenated alkanes) is 1. The molecular formula is C14H24N2O2. The summed E-state index contributed by atoms with van der Waals surface area (Å²) in [5.74, 6) is 0.753. The molecule has 0 aromatic carbocycles. The number of rotatable bonds is 9. The first-order valence-electron chi connectivity index (χ1n) is 6.77. The van der Waals surface area contributed by atoms with Crippen molar-refractivity contribution in [2.24, 2.45) is 0 Å². The fourth-order valence-corrected chi connectivity index (χ4v) is 1.86. The molecule has 18 heavy (non-hydrogen) atoms. The summed E-state index contributed by atoms with van der Waals surface area (Å²) in [7, 11) is 0. The first-order valence-corrected chi connectivity index (χ1v) is 6.77. The van der Waals surface area contributed by atoms with E-state index in [-0.39, 0.29) is 5.91 Å². The Morgan fingerprint density at radius 1 is 1.33 bits per heavy atom.